The van der Waals surface area contributed by atoms with Gasteiger partial charge in [-0.2, -0.15) is 0 Å². The lowest BCUT2D eigenvalue weighted by molar-refractivity contribution is -0.119. The number of nitrogens with two attached hydrogens (primary N) is 1. The van der Waals surface area contributed by atoms with E-state index in [0.717, 1.165) is 53.8 Å². The summed E-state index contributed by atoms with van der Waals surface area (Å²) in [5.41, 5.74) is 14.1. The predicted octanol–water partition coefficient (Wildman–Crippen LogP) is 4.13. The normalized spacial score (nSPS) is 15.3. The molecule has 0 saturated heterocycles. The molecule has 0 fully saturated rings. The molecule has 4 aromatic rings. The number of hydrogen-bond acceptors (Lipinski definition) is 5. The van der Waals surface area contributed by atoms with E-state index in [4.69, 9.17) is 15.7 Å². The first kappa shape index (κ1) is 23.2. The molecule has 0 aliphatic heterocycles. The fraction of sp³-hybridized carbons (Fsp3) is 0.321. The van der Waals surface area contributed by atoms with E-state index in [2.05, 4.69) is 45.5 Å². The number of amides is 1. The van der Waals surface area contributed by atoms with Gasteiger partial charge in [-0.05, 0) is 59.7 Å². The van der Waals surface area contributed by atoms with Crippen molar-refractivity contribution in [2.75, 3.05) is 0 Å². The summed E-state index contributed by atoms with van der Waals surface area (Å²) in [6, 6.07) is 18.9. The van der Waals surface area contributed by atoms with Crippen LogP contribution < -0.4 is 11.1 Å². The first-order chi connectivity index (χ1) is 17.1. The van der Waals surface area contributed by atoms with E-state index in [9.17, 15) is 4.79 Å². The lowest BCUT2D eigenvalue weighted by Crippen LogP contribution is -2.32. The largest absolute Gasteiger partial charge is 0.352 e. The van der Waals surface area contributed by atoms with Crippen molar-refractivity contribution < 1.29 is 4.79 Å². The van der Waals surface area contributed by atoms with E-state index in [-0.39, 0.29) is 11.9 Å². The Morgan fingerprint density at radius 1 is 1.14 bits per heavy atom. The van der Waals surface area contributed by atoms with Gasteiger partial charge in [0.2, 0.25) is 5.91 Å². The zero-order chi connectivity index (χ0) is 24.2. The van der Waals surface area contributed by atoms with E-state index in [1.165, 1.54) is 23.7 Å². The van der Waals surface area contributed by atoms with E-state index < -0.39 is 0 Å². The third-order valence-electron chi connectivity index (χ3n) is 6.80. The first-order valence-corrected chi connectivity index (χ1v) is 12.3. The van der Waals surface area contributed by atoms with Gasteiger partial charge in [0, 0.05) is 32.8 Å². The number of rotatable bonds is 8. The number of nitrogens with zero attached hydrogens (tertiary/aromatic N) is 3. The third kappa shape index (κ3) is 5.26. The fourth-order valence-electron chi connectivity index (χ4n) is 5.07. The summed E-state index contributed by atoms with van der Waals surface area (Å²) in [5, 5.41) is 2.87. The van der Waals surface area contributed by atoms with Crippen molar-refractivity contribution in [2.45, 2.75) is 58.4 Å². The second-order valence-electron chi connectivity index (χ2n) is 9.28. The Balaban J connectivity index is 1.47. The molecule has 1 amide bonds. The SMILES string of the molecule is CC(=O)NCc1ccc(CN(Cc2nc3ccccc3[nH]2)C2CCCc3cccnc32)c(CN)c1. The molecule has 0 bridgehead atoms. The Labute approximate surface area is 205 Å². The van der Waals surface area contributed by atoms with Gasteiger partial charge in [0.05, 0.1) is 29.3 Å². The molecule has 2 aromatic carbocycles. The van der Waals surface area contributed by atoms with Crippen molar-refractivity contribution in [3.05, 3.63) is 94.6 Å². The molecule has 5 rings (SSSR count). The van der Waals surface area contributed by atoms with Gasteiger partial charge in [-0.3, -0.25) is 14.7 Å². The van der Waals surface area contributed by atoms with Crippen LogP contribution >= 0.6 is 0 Å². The number of nitrogens with one attached hydrogen (secondary N) is 2. The molecule has 1 atom stereocenters. The van der Waals surface area contributed by atoms with Crippen molar-refractivity contribution >= 4 is 16.9 Å². The zero-order valence-electron chi connectivity index (χ0n) is 20.1. The van der Waals surface area contributed by atoms with Gasteiger partial charge in [-0.25, -0.2) is 4.98 Å². The maximum atomic E-state index is 11.3. The van der Waals surface area contributed by atoms with Crippen LogP contribution in [-0.2, 0) is 37.4 Å². The molecule has 35 heavy (non-hydrogen) atoms. The maximum absolute atomic E-state index is 11.3. The number of carbonyl (C=O) groups excluding carboxylic acids is 1. The molecule has 1 aliphatic carbocycles. The lowest BCUT2D eigenvalue weighted by atomic mass is 9.90. The summed E-state index contributed by atoms with van der Waals surface area (Å²) in [7, 11) is 0. The number of aryl methyl sites for hydroxylation is 1. The molecule has 0 spiro atoms. The molecule has 4 N–H and O–H groups in total. The van der Waals surface area contributed by atoms with E-state index in [0.29, 0.717) is 19.6 Å². The molecule has 0 radical (unpaired) electrons. The summed E-state index contributed by atoms with van der Waals surface area (Å²) < 4.78 is 0. The summed E-state index contributed by atoms with van der Waals surface area (Å²) in [6.07, 6.45) is 5.17. The third-order valence-corrected chi connectivity index (χ3v) is 6.80. The van der Waals surface area contributed by atoms with Crippen LogP contribution in [0.5, 0.6) is 0 Å². The number of H-pyrrole nitrogens is 1. The maximum Gasteiger partial charge on any atom is 0.217 e. The van der Waals surface area contributed by atoms with Crippen LogP contribution in [0, 0.1) is 0 Å². The highest BCUT2D eigenvalue weighted by atomic mass is 16.1. The van der Waals surface area contributed by atoms with E-state index >= 15 is 0 Å². The summed E-state index contributed by atoms with van der Waals surface area (Å²) >= 11 is 0. The second kappa shape index (κ2) is 10.4. The standard InChI is InChI=1S/C28H32N6O/c1-19(35)31-16-20-11-12-22(23(14-20)15-29)17-34(18-27-32-24-8-2-3-9-25(24)33-27)26-10-4-6-21-7-5-13-30-28(21)26/h2-3,5,7-9,11-14,26H,4,6,10,15-18,29H2,1H3,(H,31,35)(H,32,33). The molecule has 7 heteroatoms. The minimum Gasteiger partial charge on any atom is -0.352 e. The van der Waals surface area contributed by atoms with Crippen LogP contribution in [0.2, 0.25) is 0 Å². The van der Waals surface area contributed by atoms with Gasteiger partial charge < -0.3 is 16.0 Å². The zero-order valence-corrected chi connectivity index (χ0v) is 20.1. The van der Waals surface area contributed by atoms with Crippen LogP contribution in [0.1, 0.15) is 59.6 Å². The molecular formula is C28H32N6O. The van der Waals surface area contributed by atoms with Crippen LogP contribution in [-0.4, -0.2) is 25.8 Å². The Morgan fingerprint density at radius 3 is 2.86 bits per heavy atom. The Kier molecular flexibility index (Phi) is 6.88. The minimum absolute atomic E-state index is 0.0381. The average Bonchev–Trinajstić information content (AvgIpc) is 3.29. The number of benzene rings is 2. The number of pyridine rings is 1. The van der Waals surface area contributed by atoms with Crippen LogP contribution in [0.15, 0.2) is 60.8 Å². The Morgan fingerprint density at radius 2 is 2.03 bits per heavy atom. The van der Waals surface area contributed by atoms with Crippen LogP contribution in [0.3, 0.4) is 0 Å². The molecular weight excluding hydrogens is 436 g/mol. The number of aromatic nitrogens is 3. The van der Waals surface area contributed by atoms with Crippen molar-refractivity contribution in [1.82, 2.24) is 25.2 Å². The summed E-state index contributed by atoms with van der Waals surface area (Å²) in [5.74, 6) is 0.912. The van der Waals surface area contributed by atoms with Gasteiger partial charge in [0.15, 0.2) is 0 Å². The van der Waals surface area contributed by atoms with E-state index in [1.807, 2.05) is 30.5 Å². The summed E-state index contributed by atoms with van der Waals surface area (Å²) in [6.45, 7) is 3.91. The highest BCUT2D eigenvalue weighted by Crippen LogP contribution is 2.35. The Bertz CT molecular complexity index is 1300. The average molecular weight is 469 g/mol. The van der Waals surface area contributed by atoms with Gasteiger partial charge in [-0.1, -0.05) is 36.4 Å². The Hall–Kier alpha value is -3.55. The van der Waals surface area contributed by atoms with Crippen molar-refractivity contribution in [3.8, 4) is 0 Å². The topological polar surface area (TPSA) is 99.9 Å². The highest BCUT2D eigenvalue weighted by molar-refractivity contribution is 5.74. The predicted molar refractivity (Wildman–Crippen MR) is 137 cm³/mol. The number of imidazole rings is 1. The van der Waals surface area contributed by atoms with Gasteiger partial charge in [0.25, 0.3) is 0 Å². The quantitative estimate of drug-likeness (QED) is 0.361. The molecule has 180 valence electrons. The number of hydrogen-bond donors (Lipinski definition) is 3. The molecule has 2 heterocycles. The number of carbonyl (C=O) groups is 1. The monoisotopic (exact) mass is 468 g/mol. The number of para-hydroxylation sites is 2. The van der Waals surface area contributed by atoms with Crippen LogP contribution in [0.4, 0.5) is 0 Å². The highest BCUT2D eigenvalue weighted by Gasteiger charge is 2.28. The lowest BCUT2D eigenvalue weighted by Gasteiger charge is -2.35. The minimum atomic E-state index is -0.0381. The van der Waals surface area contributed by atoms with Crippen molar-refractivity contribution in [2.24, 2.45) is 5.73 Å². The number of fused-ring (bicyclic) bond motifs is 2. The van der Waals surface area contributed by atoms with Crippen LogP contribution in [0.25, 0.3) is 11.0 Å². The van der Waals surface area contributed by atoms with E-state index in [1.54, 1.807) is 0 Å². The second-order valence-corrected chi connectivity index (χ2v) is 9.28. The number of aromatic amines is 1. The van der Waals surface area contributed by atoms with Crippen molar-refractivity contribution in [3.63, 3.8) is 0 Å². The molecule has 7 nitrogen and oxygen atoms in total. The molecule has 0 saturated carbocycles. The molecule has 1 aliphatic rings. The van der Waals surface area contributed by atoms with Gasteiger partial charge in [-0.15, -0.1) is 0 Å². The smallest absolute Gasteiger partial charge is 0.217 e. The molecule has 1 unspecified atom stereocenters. The first-order valence-electron chi connectivity index (χ1n) is 12.3. The molecule has 2 aromatic heterocycles. The van der Waals surface area contributed by atoms with Gasteiger partial charge >= 0.3 is 0 Å². The summed E-state index contributed by atoms with van der Waals surface area (Å²) in [4.78, 5) is 27.0. The van der Waals surface area contributed by atoms with Gasteiger partial charge in [0.1, 0.15) is 5.82 Å². The fourth-order valence-corrected chi connectivity index (χ4v) is 5.07. The van der Waals surface area contributed by atoms with Crippen molar-refractivity contribution in [1.29, 1.82) is 0 Å².